The van der Waals surface area contributed by atoms with E-state index < -0.39 is 0 Å². The quantitative estimate of drug-likeness (QED) is 0.900. The first kappa shape index (κ1) is 14.9. The fourth-order valence-electron chi connectivity index (χ4n) is 2.22. The molecule has 0 spiro atoms. The van der Waals surface area contributed by atoms with E-state index in [-0.39, 0.29) is 6.79 Å². The van der Waals surface area contributed by atoms with Crippen LogP contribution < -0.4 is 14.9 Å². The number of halogens is 1. The second-order valence-corrected chi connectivity index (χ2v) is 7.15. The highest BCUT2D eigenvalue weighted by Gasteiger charge is 2.17. The smallest absolute Gasteiger partial charge is 0.231 e. The number of nitrogens with one attached hydrogen (secondary N) is 1. The molecule has 0 unspecified atom stereocenters. The zero-order valence-corrected chi connectivity index (χ0v) is 14.3. The molecular weight excluding hydrogens is 354 g/mol. The highest BCUT2D eigenvalue weighted by atomic mass is 35.5. The molecular formula is C15H12ClN3O2S2. The Bertz CT molecular complexity index is 804. The summed E-state index contributed by atoms with van der Waals surface area (Å²) in [5, 5.41) is 7.90. The summed E-state index contributed by atoms with van der Waals surface area (Å²) in [7, 11) is 0. The maximum absolute atomic E-state index is 6.14. The van der Waals surface area contributed by atoms with E-state index in [2.05, 4.69) is 15.5 Å². The topological polar surface area (TPSA) is 55.2 Å². The molecule has 118 valence electrons. The number of hydrogen-bond donors (Lipinski definition) is 1. The van der Waals surface area contributed by atoms with Gasteiger partial charge in [-0.2, -0.15) is 5.10 Å². The molecule has 0 saturated carbocycles. The minimum absolute atomic E-state index is 0.285. The molecule has 0 atom stereocenters. The van der Waals surface area contributed by atoms with Gasteiger partial charge in [-0.05, 0) is 29.1 Å². The van der Waals surface area contributed by atoms with Crippen molar-refractivity contribution < 1.29 is 9.47 Å². The monoisotopic (exact) mass is 365 g/mol. The van der Waals surface area contributed by atoms with Gasteiger partial charge in [0.15, 0.2) is 16.7 Å². The van der Waals surface area contributed by atoms with Crippen molar-refractivity contribution in [1.82, 2.24) is 5.43 Å². The second kappa shape index (κ2) is 6.43. The molecule has 8 heteroatoms. The molecule has 1 aromatic carbocycles. The molecule has 1 N–H and O–H groups in total. The minimum atomic E-state index is 0.285. The fourth-order valence-corrected chi connectivity index (χ4v) is 4.21. The van der Waals surface area contributed by atoms with Gasteiger partial charge in [0.05, 0.1) is 22.2 Å². The minimum Gasteiger partial charge on any atom is -0.454 e. The van der Waals surface area contributed by atoms with Crippen LogP contribution in [0.1, 0.15) is 10.4 Å². The van der Waals surface area contributed by atoms with Crippen LogP contribution in [0.2, 0.25) is 5.02 Å². The van der Waals surface area contributed by atoms with E-state index in [1.807, 2.05) is 29.6 Å². The van der Waals surface area contributed by atoms with Gasteiger partial charge in [0.2, 0.25) is 6.79 Å². The Labute approximate surface area is 146 Å². The zero-order chi connectivity index (χ0) is 15.6. The lowest BCUT2D eigenvalue weighted by Gasteiger charge is -2.14. The van der Waals surface area contributed by atoms with Crippen molar-refractivity contribution in [2.24, 2.45) is 10.1 Å². The number of nitrogens with zero attached hydrogens (tertiary/aromatic N) is 2. The van der Waals surface area contributed by atoms with Gasteiger partial charge in [-0.3, -0.25) is 10.4 Å². The number of rotatable bonds is 3. The number of aliphatic imine (C=N–C) groups is 1. The van der Waals surface area contributed by atoms with Crippen LogP contribution in [0.3, 0.4) is 0 Å². The third-order valence-corrected chi connectivity index (χ3v) is 5.66. The molecule has 0 fully saturated rings. The maximum atomic E-state index is 6.14. The maximum Gasteiger partial charge on any atom is 0.231 e. The van der Waals surface area contributed by atoms with Crippen molar-refractivity contribution >= 4 is 45.6 Å². The van der Waals surface area contributed by atoms with Crippen LogP contribution in [0.15, 0.2) is 39.7 Å². The average Bonchev–Trinajstić information content (AvgIpc) is 3.21. The number of hydrazone groups is 1. The molecule has 0 amide bonds. The van der Waals surface area contributed by atoms with Crippen LogP contribution in [0.25, 0.3) is 0 Å². The fraction of sp³-hybridized carbons (Fsp3) is 0.200. The number of ether oxygens (including phenoxy) is 2. The highest BCUT2D eigenvalue weighted by molar-refractivity contribution is 8.14. The van der Waals surface area contributed by atoms with Gasteiger partial charge >= 0.3 is 0 Å². The first-order chi connectivity index (χ1) is 11.3. The van der Waals surface area contributed by atoms with Gasteiger partial charge in [0.1, 0.15) is 0 Å². The zero-order valence-electron chi connectivity index (χ0n) is 11.9. The van der Waals surface area contributed by atoms with E-state index in [0.717, 1.165) is 43.6 Å². The van der Waals surface area contributed by atoms with Gasteiger partial charge in [-0.15, -0.1) is 11.3 Å². The molecule has 23 heavy (non-hydrogen) atoms. The first-order valence-electron chi connectivity index (χ1n) is 6.91. The van der Waals surface area contributed by atoms with Crippen LogP contribution in [-0.2, 0) is 6.54 Å². The summed E-state index contributed by atoms with van der Waals surface area (Å²) in [5.41, 5.74) is 5.03. The van der Waals surface area contributed by atoms with Crippen LogP contribution in [0.5, 0.6) is 11.5 Å². The molecule has 2 aromatic rings. The summed E-state index contributed by atoms with van der Waals surface area (Å²) in [4.78, 5) is 5.57. The molecule has 0 bridgehead atoms. The number of amidine groups is 1. The summed E-state index contributed by atoms with van der Waals surface area (Å²) in [6.45, 7) is 0.851. The molecule has 0 aliphatic carbocycles. The molecule has 2 aliphatic rings. The van der Waals surface area contributed by atoms with Crippen LogP contribution in [0.4, 0.5) is 0 Å². The third kappa shape index (κ3) is 3.17. The SMILES string of the molecule is Clc1ccsc1C1=NNC(=NCc2ccc3c(c2)OCO3)SC1. The summed E-state index contributed by atoms with van der Waals surface area (Å²) >= 11 is 9.36. The number of fused-ring (bicyclic) bond motifs is 1. The Morgan fingerprint density at radius 2 is 2.17 bits per heavy atom. The van der Waals surface area contributed by atoms with Crippen LogP contribution in [-0.4, -0.2) is 23.4 Å². The predicted molar refractivity (Wildman–Crippen MR) is 95.2 cm³/mol. The Morgan fingerprint density at radius 3 is 2.96 bits per heavy atom. The largest absolute Gasteiger partial charge is 0.454 e. The summed E-state index contributed by atoms with van der Waals surface area (Å²) in [6, 6.07) is 7.75. The van der Waals surface area contributed by atoms with Crippen molar-refractivity contribution in [3.8, 4) is 11.5 Å². The Kier molecular flexibility index (Phi) is 4.15. The van der Waals surface area contributed by atoms with Crippen molar-refractivity contribution in [3.05, 3.63) is 45.1 Å². The lowest BCUT2D eigenvalue weighted by Crippen LogP contribution is -2.25. The van der Waals surface area contributed by atoms with Crippen molar-refractivity contribution in [1.29, 1.82) is 0 Å². The van der Waals surface area contributed by atoms with Crippen LogP contribution in [0, 0.1) is 0 Å². The second-order valence-electron chi connectivity index (χ2n) is 4.87. The molecule has 3 heterocycles. The normalized spacial score (nSPS) is 18.0. The summed E-state index contributed by atoms with van der Waals surface area (Å²) < 4.78 is 10.7. The van der Waals surface area contributed by atoms with E-state index >= 15 is 0 Å². The molecule has 0 radical (unpaired) electrons. The van der Waals surface area contributed by atoms with E-state index in [0.29, 0.717) is 6.54 Å². The van der Waals surface area contributed by atoms with Gasteiger partial charge in [-0.25, -0.2) is 0 Å². The first-order valence-corrected chi connectivity index (χ1v) is 9.15. The predicted octanol–water partition coefficient (Wildman–Crippen LogP) is 3.73. The number of thiophene rings is 1. The molecule has 4 rings (SSSR count). The highest BCUT2D eigenvalue weighted by Crippen LogP contribution is 2.32. The third-order valence-electron chi connectivity index (χ3n) is 3.35. The van der Waals surface area contributed by atoms with Crippen molar-refractivity contribution in [2.75, 3.05) is 12.5 Å². The Morgan fingerprint density at radius 1 is 1.26 bits per heavy atom. The van der Waals surface area contributed by atoms with Gasteiger partial charge in [0.25, 0.3) is 0 Å². The lowest BCUT2D eigenvalue weighted by molar-refractivity contribution is 0.174. The standard InChI is InChI=1S/C15H12ClN3O2S2/c16-10-3-4-22-14(10)11-7-23-15(19-18-11)17-6-9-1-2-12-13(5-9)21-8-20-12/h1-5H,6-8H2,(H,17,19). The van der Waals surface area contributed by atoms with Crippen LogP contribution >= 0.6 is 34.7 Å². The van der Waals surface area contributed by atoms with E-state index in [1.54, 1.807) is 23.1 Å². The molecule has 0 saturated heterocycles. The van der Waals surface area contributed by atoms with Gasteiger partial charge in [-0.1, -0.05) is 29.4 Å². The van der Waals surface area contributed by atoms with E-state index in [9.17, 15) is 0 Å². The van der Waals surface area contributed by atoms with Gasteiger partial charge in [0, 0.05) is 5.75 Å². The van der Waals surface area contributed by atoms with E-state index in [4.69, 9.17) is 21.1 Å². The average molecular weight is 366 g/mol. The van der Waals surface area contributed by atoms with E-state index in [1.165, 1.54) is 0 Å². The number of hydrogen-bond acceptors (Lipinski definition) is 6. The molecule has 5 nitrogen and oxygen atoms in total. The molecule has 1 aromatic heterocycles. The van der Waals surface area contributed by atoms with Crippen molar-refractivity contribution in [3.63, 3.8) is 0 Å². The Hall–Kier alpha value is -1.70. The summed E-state index contributed by atoms with van der Waals surface area (Å²) in [6.07, 6.45) is 0. The number of benzene rings is 1. The summed E-state index contributed by atoms with van der Waals surface area (Å²) in [5.74, 6) is 2.32. The van der Waals surface area contributed by atoms with Crippen molar-refractivity contribution in [2.45, 2.75) is 6.54 Å². The lowest BCUT2D eigenvalue weighted by atomic mass is 10.2. The molecule has 2 aliphatic heterocycles. The van der Waals surface area contributed by atoms with Gasteiger partial charge < -0.3 is 9.47 Å². The number of thioether (sulfide) groups is 1. The Balaban J connectivity index is 1.43.